The predicted octanol–water partition coefficient (Wildman–Crippen LogP) is 5.14. The summed E-state index contributed by atoms with van der Waals surface area (Å²) in [6.07, 6.45) is 1.29. The Hall–Kier alpha value is -2.74. The Morgan fingerprint density at radius 2 is 2.06 bits per heavy atom. The fourth-order valence-electron chi connectivity index (χ4n) is 3.93. The highest BCUT2D eigenvalue weighted by Crippen LogP contribution is 2.36. The van der Waals surface area contributed by atoms with E-state index in [-0.39, 0.29) is 11.9 Å². The van der Waals surface area contributed by atoms with Gasteiger partial charge in [-0.15, -0.1) is 0 Å². The molecular formula is C24H32BrN5O2. The van der Waals surface area contributed by atoms with Gasteiger partial charge in [-0.05, 0) is 57.0 Å². The number of methoxy groups -OCH3 is 1. The first-order chi connectivity index (χ1) is 15.3. The van der Waals surface area contributed by atoms with Gasteiger partial charge < -0.3 is 24.8 Å². The van der Waals surface area contributed by atoms with Crippen LogP contribution in [0.25, 0.3) is 11.0 Å². The van der Waals surface area contributed by atoms with E-state index in [1.165, 1.54) is 0 Å². The van der Waals surface area contributed by atoms with E-state index in [0.717, 1.165) is 57.1 Å². The molecule has 172 valence electrons. The quantitative estimate of drug-likeness (QED) is 0.424. The molecule has 1 heterocycles. The molecule has 32 heavy (non-hydrogen) atoms. The van der Waals surface area contributed by atoms with Crippen molar-refractivity contribution in [2.75, 3.05) is 30.9 Å². The van der Waals surface area contributed by atoms with E-state index in [1.807, 2.05) is 38.2 Å². The molecule has 2 N–H and O–H groups in total. The van der Waals surface area contributed by atoms with Crippen LogP contribution in [0, 0.1) is 6.92 Å². The van der Waals surface area contributed by atoms with E-state index in [4.69, 9.17) is 9.72 Å². The van der Waals surface area contributed by atoms with Crippen LogP contribution in [-0.2, 0) is 11.8 Å². The number of nitrogens with zero attached hydrogens (tertiary/aromatic N) is 3. The van der Waals surface area contributed by atoms with Crippen molar-refractivity contribution in [3.63, 3.8) is 0 Å². The van der Waals surface area contributed by atoms with Crippen molar-refractivity contribution in [2.24, 2.45) is 7.05 Å². The van der Waals surface area contributed by atoms with Crippen LogP contribution >= 0.6 is 15.9 Å². The maximum Gasteiger partial charge on any atom is 0.219 e. The average molecular weight is 502 g/mol. The van der Waals surface area contributed by atoms with Gasteiger partial charge in [0.05, 0.1) is 29.5 Å². The molecule has 0 bridgehead atoms. The number of imidazole rings is 1. The monoisotopic (exact) mass is 501 g/mol. The third-order valence-corrected chi connectivity index (χ3v) is 6.07. The molecule has 0 aliphatic rings. The summed E-state index contributed by atoms with van der Waals surface area (Å²) in [5.74, 6) is 1.56. The molecule has 0 radical (unpaired) electrons. The Bertz CT molecular complexity index is 1110. The Morgan fingerprint density at radius 3 is 2.72 bits per heavy atom. The van der Waals surface area contributed by atoms with E-state index in [0.29, 0.717) is 6.42 Å². The average Bonchev–Trinajstić information content (AvgIpc) is 3.08. The minimum atomic E-state index is 0.0674. The molecule has 0 saturated heterocycles. The van der Waals surface area contributed by atoms with Gasteiger partial charge in [-0.1, -0.05) is 22.0 Å². The molecule has 2 aromatic carbocycles. The smallest absolute Gasteiger partial charge is 0.219 e. The van der Waals surface area contributed by atoms with Crippen LogP contribution < -0.4 is 20.3 Å². The molecule has 0 aliphatic heterocycles. The van der Waals surface area contributed by atoms with Crippen molar-refractivity contribution >= 4 is 50.2 Å². The molecule has 0 atom stereocenters. The van der Waals surface area contributed by atoms with Gasteiger partial charge in [0.2, 0.25) is 11.9 Å². The van der Waals surface area contributed by atoms with Gasteiger partial charge in [-0.3, -0.25) is 4.79 Å². The number of para-hydroxylation sites is 1. The van der Waals surface area contributed by atoms with E-state index < -0.39 is 0 Å². The van der Waals surface area contributed by atoms with Crippen molar-refractivity contribution in [1.29, 1.82) is 0 Å². The normalized spacial score (nSPS) is 11.1. The highest BCUT2D eigenvalue weighted by molar-refractivity contribution is 9.10. The summed E-state index contributed by atoms with van der Waals surface area (Å²) in [5, 5.41) is 6.17. The fourth-order valence-corrected chi connectivity index (χ4v) is 4.48. The van der Waals surface area contributed by atoms with Crippen LogP contribution in [0.15, 0.2) is 34.8 Å². The summed E-state index contributed by atoms with van der Waals surface area (Å²) in [4.78, 5) is 18.9. The molecule has 3 rings (SSSR count). The van der Waals surface area contributed by atoms with Gasteiger partial charge in [0.15, 0.2) is 0 Å². The molecule has 1 aromatic heterocycles. The van der Waals surface area contributed by atoms with Crippen molar-refractivity contribution in [1.82, 2.24) is 14.9 Å². The van der Waals surface area contributed by atoms with Gasteiger partial charge in [0, 0.05) is 37.6 Å². The number of benzene rings is 2. The first-order valence-electron chi connectivity index (χ1n) is 10.8. The molecule has 7 nitrogen and oxygen atoms in total. The van der Waals surface area contributed by atoms with Crippen molar-refractivity contribution in [2.45, 2.75) is 39.7 Å². The first-order valence-corrected chi connectivity index (χ1v) is 11.6. The highest BCUT2D eigenvalue weighted by atomic mass is 79.9. The molecular weight excluding hydrogens is 470 g/mol. The standard InChI is InChI=1S/C24H32BrN5O2/c1-15(2)30(12-8-11-21(31)26-4)19-10-7-9-18-23(19)29(5)24(27-18)28-22-16(3)13-17(25)14-20(22)32-6/h7,9-10,13-15H,8,11-12H2,1-6H3,(H,26,31)(H,27,28). The lowest BCUT2D eigenvalue weighted by atomic mass is 10.1. The third-order valence-electron chi connectivity index (χ3n) is 5.61. The number of carbonyl (C=O) groups excluding carboxylic acids is 1. The van der Waals surface area contributed by atoms with Gasteiger partial charge in [-0.2, -0.15) is 0 Å². The number of carbonyl (C=O) groups is 1. The number of hydrogen-bond acceptors (Lipinski definition) is 5. The lowest BCUT2D eigenvalue weighted by Crippen LogP contribution is -2.33. The first kappa shape index (κ1) is 23.9. The predicted molar refractivity (Wildman–Crippen MR) is 135 cm³/mol. The zero-order chi connectivity index (χ0) is 23.4. The molecule has 0 unspecified atom stereocenters. The topological polar surface area (TPSA) is 71.4 Å². The van der Waals surface area contributed by atoms with E-state index >= 15 is 0 Å². The minimum absolute atomic E-state index is 0.0674. The van der Waals surface area contributed by atoms with Gasteiger partial charge in [0.25, 0.3) is 0 Å². The number of ether oxygens (including phenoxy) is 1. The van der Waals surface area contributed by atoms with Gasteiger partial charge >= 0.3 is 0 Å². The van der Waals surface area contributed by atoms with Crippen molar-refractivity contribution < 1.29 is 9.53 Å². The lowest BCUT2D eigenvalue weighted by Gasteiger charge is -2.30. The summed E-state index contributed by atoms with van der Waals surface area (Å²) in [5.41, 5.74) is 5.02. The molecule has 8 heteroatoms. The fraction of sp³-hybridized carbons (Fsp3) is 0.417. The van der Waals surface area contributed by atoms with Crippen LogP contribution in [0.5, 0.6) is 5.75 Å². The van der Waals surface area contributed by atoms with Crippen LogP contribution in [0.3, 0.4) is 0 Å². The Kier molecular flexibility index (Phi) is 7.66. The summed E-state index contributed by atoms with van der Waals surface area (Å²) in [6.45, 7) is 7.17. The number of amides is 1. The van der Waals surface area contributed by atoms with Crippen LogP contribution in [-0.4, -0.2) is 42.2 Å². The molecule has 1 amide bonds. The number of nitrogens with one attached hydrogen (secondary N) is 2. The van der Waals surface area contributed by atoms with Crippen LogP contribution in [0.4, 0.5) is 17.3 Å². The molecule has 3 aromatic rings. The van der Waals surface area contributed by atoms with E-state index in [9.17, 15) is 4.79 Å². The number of aromatic nitrogens is 2. The maximum atomic E-state index is 11.7. The largest absolute Gasteiger partial charge is 0.495 e. The number of aryl methyl sites for hydroxylation is 2. The van der Waals surface area contributed by atoms with E-state index in [1.54, 1.807) is 14.2 Å². The number of fused-ring (bicyclic) bond motifs is 1. The second kappa shape index (κ2) is 10.3. The summed E-state index contributed by atoms with van der Waals surface area (Å²) in [7, 11) is 5.36. The second-order valence-corrected chi connectivity index (χ2v) is 9.04. The highest BCUT2D eigenvalue weighted by Gasteiger charge is 2.19. The Balaban J connectivity index is 1.99. The maximum absolute atomic E-state index is 11.7. The molecule has 0 saturated carbocycles. The van der Waals surface area contributed by atoms with Crippen LogP contribution in [0.2, 0.25) is 0 Å². The minimum Gasteiger partial charge on any atom is -0.495 e. The third kappa shape index (κ3) is 5.01. The zero-order valence-corrected chi connectivity index (χ0v) is 21.2. The lowest BCUT2D eigenvalue weighted by molar-refractivity contribution is -0.120. The SMILES string of the molecule is CNC(=O)CCCN(c1cccc2nc(Nc3c(C)cc(Br)cc3OC)n(C)c12)C(C)C. The van der Waals surface area contributed by atoms with Gasteiger partial charge in [-0.25, -0.2) is 4.98 Å². The van der Waals surface area contributed by atoms with Crippen LogP contribution in [0.1, 0.15) is 32.3 Å². The Morgan fingerprint density at radius 1 is 1.31 bits per heavy atom. The molecule has 0 fully saturated rings. The molecule has 0 spiro atoms. The number of halogens is 1. The number of hydrogen-bond donors (Lipinski definition) is 2. The number of rotatable bonds is 9. The van der Waals surface area contributed by atoms with Crippen molar-refractivity contribution in [3.8, 4) is 5.75 Å². The summed E-state index contributed by atoms with van der Waals surface area (Å²) >= 11 is 3.53. The van der Waals surface area contributed by atoms with Gasteiger partial charge in [0.1, 0.15) is 5.75 Å². The second-order valence-electron chi connectivity index (χ2n) is 8.13. The molecule has 0 aliphatic carbocycles. The number of anilines is 3. The zero-order valence-electron chi connectivity index (χ0n) is 19.6. The van der Waals surface area contributed by atoms with E-state index in [2.05, 4.69) is 55.9 Å². The Labute approximate surface area is 198 Å². The van der Waals surface area contributed by atoms with Crippen molar-refractivity contribution in [3.05, 3.63) is 40.4 Å². The summed E-state index contributed by atoms with van der Waals surface area (Å²) < 4.78 is 8.64. The summed E-state index contributed by atoms with van der Waals surface area (Å²) in [6, 6.07) is 10.5.